The second-order valence-electron chi connectivity index (χ2n) is 9.70. The van der Waals surface area contributed by atoms with Crippen molar-refractivity contribution in [3.8, 4) is 0 Å². The van der Waals surface area contributed by atoms with Gasteiger partial charge in [-0.3, -0.25) is 0 Å². The van der Waals surface area contributed by atoms with E-state index in [2.05, 4.69) is 44.2 Å². The van der Waals surface area contributed by atoms with E-state index in [1.807, 2.05) is 0 Å². The Labute approximate surface area is 175 Å². The third kappa shape index (κ3) is 6.50. The first-order chi connectivity index (χ1) is 13.8. The van der Waals surface area contributed by atoms with E-state index in [1.54, 1.807) is 11.1 Å². The van der Waals surface area contributed by atoms with Crippen molar-refractivity contribution in [1.82, 2.24) is 0 Å². The fourth-order valence-corrected chi connectivity index (χ4v) is 5.53. The molecule has 0 N–H and O–H groups in total. The predicted octanol–water partition coefficient (Wildman–Crippen LogP) is 9.30. The van der Waals surface area contributed by atoms with E-state index in [1.165, 1.54) is 102 Å². The highest BCUT2D eigenvalue weighted by molar-refractivity contribution is 5.66. The number of benzene rings is 1. The molecule has 3 rings (SSSR count). The van der Waals surface area contributed by atoms with Crippen molar-refractivity contribution < 1.29 is 0 Å². The van der Waals surface area contributed by atoms with Gasteiger partial charge in [-0.05, 0) is 79.4 Å². The Morgan fingerprint density at radius 1 is 0.714 bits per heavy atom. The maximum atomic E-state index is 2.55. The molecule has 1 fully saturated rings. The Bertz CT molecular complexity index is 571. The number of unbranched alkanes of at least 4 members (excludes halogenated alkanes) is 4. The normalized spacial score (nSPS) is 25.5. The molecule has 2 aliphatic rings. The van der Waals surface area contributed by atoms with Gasteiger partial charge in [0.2, 0.25) is 0 Å². The van der Waals surface area contributed by atoms with Crippen LogP contribution in [0.3, 0.4) is 0 Å². The molecule has 1 unspecified atom stereocenters. The van der Waals surface area contributed by atoms with Crippen LogP contribution < -0.4 is 0 Å². The van der Waals surface area contributed by atoms with Crippen LogP contribution in [0.15, 0.2) is 30.3 Å². The van der Waals surface area contributed by atoms with Crippen LogP contribution in [0, 0.1) is 11.8 Å². The van der Waals surface area contributed by atoms with Gasteiger partial charge in [-0.1, -0.05) is 95.6 Å². The molecule has 1 aromatic carbocycles. The van der Waals surface area contributed by atoms with E-state index in [0.29, 0.717) is 0 Å². The van der Waals surface area contributed by atoms with Crippen molar-refractivity contribution in [3.63, 3.8) is 0 Å². The van der Waals surface area contributed by atoms with Gasteiger partial charge in [0.05, 0.1) is 0 Å². The number of rotatable bonds is 10. The first-order valence-corrected chi connectivity index (χ1v) is 12.6. The summed E-state index contributed by atoms with van der Waals surface area (Å²) in [6, 6.07) is 9.75. The maximum Gasteiger partial charge on any atom is -0.0162 e. The topological polar surface area (TPSA) is 0 Å². The number of hydrogen-bond donors (Lipinski definition) is 0. The van der Waals surface area contributed by atoms with Gasteiger partial charge in [0.25, 0.3) is 0 Å². The molecule has 0 bridgehead atoms. The lowest BCUT2D eigenvalue weighted by Crippen LogP contribution is -2.13. The summed E-state index contributed by atoms with van der Waals surface area (Å²) in [5.74, 6) is 2.78. The summed E-state index contributed by atoms with van der Waals surface area (Å²) in [6.07, 6.45) is 23.7. The Morgan fingerprint density at radius 3 is 1.93 bits per heavy atom. The lowest BCUT2D eigenvalue weighted by molar-refractivity contribution is 0.303. The molecule has 0 aliphatic heterocycles. The van der Waals surface area contributed by atoms with Crippen LogP contribution in [-0.2, 0) is 0 Å². The summed E-state index contributed by atoms with van der Waals surface area (Å²) in [6.45, 7) is 4.62. The summed E-state index contributed by atoms with van der Waals surface area (Å²) in [5.41, 5.74) is 4.70. The van der Waals surface area contributed by atoms with E-state index >= 15 is 0 Å². The van der Waals surface area contributed by atoms with Gasteiger partial charge in [0, 0.05) is 0 Å². The van der Waals surface area contributed by atoms with Crippen LogP contribution in [-0.4, -0.2) is 0 Å². The van der Waals surface area contributed by atoms with E-state index in [-0.39, 0.29) is 0 Å². The van der Waals surface area contributed by atoms with Gasteiger partial charge in [-0.2, -0.15) is 0 Å². The van der Waals surface area contributed by atoms with Crippen molar-refractivity contribution >= 4 is 5.57 Å². The van der Waals surface area contributed by atoms with Gasteiger partial charge < -0.3 is 0 Å². The molecule has 0 saturated heterocycles. The summed E-state index contributed by atoms with van der Waals surface area (Å²) in [7, 11) is 0. The Kier molecular flexibility index (Phi) is 9.16. The predicted molar refractivity (Wildman–Crippen MR) is 125 cm³/mol. The van der Waals surface area contributed by atoms with Crippen molar-refractivity contribution in [1.29, 1.82) is 0 Å². The smallest absolute Gasteiger partial charge is 0.0162 e. The van der Waals surface area contributed by atoms with Crippen molar-refractivity contribution in [3.05, 3.63) is 41.5 Å². The minimum atomic E-state index is 0.819. The average molecular weight is 381 g/mol. The standard InChI is InChI=1S/C28H44/c1-3-5-7-9-23-11-15-25(16-12-23)27-19-21-28(22-20-27)26-17-13-24(14-18-26)10-8-6-4-2/h15,19-24,26H,3-14,16-18H2,1-2H3. The van der Waals surface area contributed by atoms with E-state index in [9.17, 15) is 0 Å². The van der Waals surface area contributed by atoms with Gasteiger partial charge in [-0.15, -0.1) is 0 Å². The fourth-order valence-electron chi connectivity index (χ4n) is 5.53. The highest BCUT2D eigenvalue weighted by Crippen LogP contribution is 2.39. The quantitative estimate of drug-likeness (QED) is 0.355. The molecule has 0 spiro atoms. The molecule has 0 radical (unpaired) electrons. The maximum absolute atomic E-state index is 2.55. The molecular formula is C28H44. The highest BCUT2D eigenvalue weighted by atomic mass is 14.3. The molecule has 28 heavy (non-hydrogen) atoms. The SMILES string of the molecule is CCCCCC1CC=C(c2ccc(C3CCC(CCCCC)CC3)cc2)CC1. The van der Waals surface area contributed by atoms with Crippen molar-refractivity contribution in [2.45, 2.75) is 116 Å². The van der Waals surface area contributed by atoms with Crippen LogP contribution in [0.1, 0.15) is 127 Å². The van der Waals surface area contributed by atoms with Gasteiger partial charge in [-0.25, -0.2) is 0 Å². The lowest BCUT2D eigenvalue weighted by Gasteiger charge is -2.29. The molecule has 2 aliphatic carbocycles. The van der Waals surface area contributed by atoms with Crippen LogP contribution in [0.5, 0.6) is 0 Å². The Balaban J connectivity index is 1.45. The summed E-state index contributed by atoms with van der Waals surface area (Å²) < 4.78 is 0. The summed E-state index contributed by atoms with van der Waals surface area (Å²) in [5, 5.41) is 0. The van der Waals surface area contributed by atoms with Gasteiger partial charge in [0.1, 0.15) is 0 Å². The van der Waals surface area contributed by atoms with Crippen molar-refractivity contribution in [2.24, 2.45) is 11.8 Å². The fraction of sp³-hybridized carbons (Fsp3) is 0.714. The molecule has 0 nitrogen and oxygen atoms in total. The molecule has 1 saturated carbocycles. The zero-order valence-electron chi connectivity index (χ0n) is 18.7. The van der Waals surface area contributed by atoms with E-state index in [4.69, 9.17) is 0 Å². The number of hydrogen-bond acceptors (Lipinski definition) is 0. The third-order valence-electron chi connectivity index (χ3n) is 7.55. The molecule has 0 aromatic heterocycles. The highest BCUT2D eigenvalue weighted by Gasteiger charge is 2.22. The largest absolute Gasteiger partial charge is 0.0804 e. The molecular weight excluding hydrogens is 336 g/mol. The minimum absolute atomic E-state index is 0.819. The average Bonchev–Trinajstić information content (AvgIpc) is 2.75. The van der Waals surface area contributed by atoms with Crippen LogP contribution in [0.4, 0.5) is 0 Å². The van der Waals surface area contributed by atoms with Crippen molar-refractivity contribution in [2.75, 3.05) is 0 Å². The van der Waals surface area contributed by atoms with Gasteiger partial charge >= 0.3 is 0 Å². The molecule has 0 heteroatoms. The Hall–Kier alpha value is -1.04. The molecule has 0 amide bonds. The molecule has 1 aromatic rings. The summed E-state index contributed by atoms with van der Waals surface area (Å²) >= 11 is 0. The van der Waals surface area contributed by atoms with E-state index < -0.39 is 0 Å². The molecule has 1 atom stereocenters. The van der Waals surface area contributed by atoms with Crippen LogP contribution in [0.2, 0.25) is 0 Å². The Morgan fingerprint density at radius 2 is 1.36 bits per heavy atom. The van der Waals surface area contributed by atoms with Crippen LogP contribution >= 0.6 is 0 Å². The zero-order valence-corrected chi connectivity index (χ0v) is 18.7. The lowest BCUT2D eigenvalue weighted by atomic mass is 9.76. The van der Waals surface area contributed by atoms with Gasteiger partial charge in [0.15, 0.2) is 0 Å². The third-order valence-corrected chi connectivity index (χ3v) is 7.55. The minimum Gasteiger partial charge on any atom is -0.0804 e. The molecule has 156 valence electrons. The molecule has 0 heterocycles. The van der Waals surface area contributed by atoms with E-state index in [0.717, 1.165) is 17.8 Å². The first kappa shape index (κ1) is 21.7. The number of allylic oxidation sites excluding steroid dienone is 2. The second-order valence-corrected chi connectivity index (χ2v) is 9.70. The first-order valence-electron chi connectivity index (χ1n) is 12.6. The summed E-state index contributed by atoms with van der Waals surface area (Å²) in [4.78, 5) is 0. The second kappa shape index (κ2) is 11.8. The zero-order chi connectivity index (χ0) is 19.6. The van der Waals surface area contributed by atoms with Crippen LogP contribution in [0.25, 0.3) is 5.57 Å². The monoisotopic (exact) mass is 380 g/mol.